The van der Waals surface area contributed by atoms with Gasteiger partial charge in [-0.15, -0.1) is 0 Å². The minimum atomic E-state index is -0.354. The van der Waals surface area contributed by atoms with E-state index in [0.29, 0.717) is 6.54 Å². The van der Waals surface area contributed by atoms with Crippen LogP contribution in [0.5, 0.6) is 0 Å². The quantitative estimate of drug-likeness (QED) is 0.912. The maximum Gasteiger partial charge on any atom is 0.254 e. The zero-order valence-electron chi connectivity index (χ0n) is 15.4. The molecule has 1 aliphatic rings. The van der Waals surface area contributed by atoms with E-state index in [1.165, 1.54) is 16.7 Å². The van der Waals surface area contributed by atoms with Gasteiger partial charge in [-0.2, -0.15) is 0 Å². The van der Waals surface area contributed by atoms with Gasteiger partial charge in [0.15, 0.2) is 0 Å². The maximum absolute atomic E-state index is 12.8. The number of pyridine rings is 1. The van der Waals surface area contributed by atoms with Crippen molar-refractivity contribution < 1.29 is 4.79 Å². The van der Waals surface area contributed by atoms with Crippen molar-refractivity contribution in [3.05, 3.63) is 64.5 Å². The summed E-state index contributed by atoms with van der Waals surface area (Å²) in [6, 6.07) is 8.18. The van der Waals surface area contributed by atoms with Crippen LogP contribution in [-0.4, -0.2) is 34.4 Å². The normalized spacial score (nSPS) is 16.5. The number of hydrogen-bond acceptors (Lipinski definition) is 3. The zero-order valence-corrected chi connectivity index (χ0v) is 15.4. The lowest BCUT2D eigenvalue weighted by atomic mass is 9.90. The van der Waals surface area contributed by atoms with Crippen LogP contribution in [0.15, 0.2) is 36.7 Å². The van der Waals surface area contributed by atoms with Gasteiger partial charge in [0.25, 0.3) is 5.91 Å². The molecule has 4 nitrogen and oxygen atoms in total. The predicted molar refractivity (Wildman–Crippen MR) is 101 cm³/mol. The van der Waals surface area contributed by atoms with Gasteiger partial charge in [-0.25, -0.2) is 0 Å². The van der Waals surface area contributed by atoms with Crippen molar-refractivity contribution >= 4 is 5.91 Å². The van der Waals surface area contributed by atoms with Crippen LogP contribution in [-0.2, 0) is 12.8 Å². The standard InChI is InChI=1S/C21H27N3O/c1-15-11-18-6-9-24(20(25)19(18)12-16(15)2)10-7-21(3,22)13-17-5-4-8-23-14-17/h4-5,8,11-12,14H,6-7,9-10,13,22H2,1-3H3. The van der Waals surface area contributed by atoms with Gasteiger partial charge in [0.2, 0.25) is 0 Å². The number of amides is 1. The lowest BCUT2D eigenvalue weighted by molar-refractivity contribution is 0.0728. The molecule has 1 unspecified atom stereocenters. The monoisotopic (exact) mass is 337 g/mol. The first-order chi connectivity index (χ1) is 11.9. The van der Waals surface area contributed by atoms with Crippen LogP contribution in [0.2, 0.25) is 0 Å². The third kappa shape index (κ3) is 4.07. The average Bonchev–Trinajstić information content (AvgIpc) is 2.57. The van der Waals surface area contributed by atoms with Crippen LogP contribution in [0.4, 0.5) is 0 Å². The van der Waals surface area contributed by atoms with E-state index >= 15 is 0 Å². The molecule has 3 rings (SSSR count). The molecular weight excluding hydrogens is 310 g/mol. The second-order valence-corrected chi connectivity index (χ2v) is 7.58. The summed E-state index contributed by atoms with van der Waals surface area (Å²) in [6.07, 6.45) is 6.08. The van der Waals surface area contributed by atoms with Gasteiger partial charge in [-0.05, 0) is 74.4 Å². The Kier molecular flexibility index (Phi) is 4.91. The highest BCUT2D eigenvalue weighted by Gasteiger charge is 2.27. The molecule has 1 amide bonds. The molecular formula is C21H27N3O. The van der Waals surface area contributed by atoms with E-state index < -0.39 is 0 Å². The molecule has 0 spiro atoms. The van der Waals surface area contributed by atoms with Crippen LogP contribution in [0, 0.1) is 13.8 Å². The second kappa shape index (κ2) is 6.96. The van der Waals surface area contributed by atoms with E-state index in [4.69, 9.17) is 5.73 Å². The van der Waals surface area contributed by atoms with Crippen molar-refractivity contribution in [2.24, 2.45) is 5.73 Å². The third-order valence-corrected chi connectivity index (χ3v) is 5.17. The van der Waals surface area contributed by atoms with Crippen molar-refractivity contribution in [2.45, 2.75) is 45.6 Å². The smallest absolute Gasteiger partial charge is 0.254 e. The summed E-state index contributed by atoms with van der Waals surface area (Å²) in [5, 5.41) is 0. The summed E-state index contributed by atoms with van der Waals surface area (Å²) in [7, 11) is 0. The van der Waals surface area contributed by atoms with Gasteiger partial charge in [0.1, 0.15) is 0 Å². The molecule has 1 aromatic carbocycles. The van der Waals surface area contributed by atoms with Crippen LogP contribution < -0.4 is 5.73 Å². The van der Waals surface area contributed by atoms with Crippen molar-refractivity contribution in [3.8, 4) is 0 Å². The number of carbonyl (C=O) groups is 1. The van der Waals surface area contributed by atoms with E-state index in [0.717, 1.165) is 36.9 Å². The average molecular weight is 337 g/mol. The number of nitrogens with zero attached hydrogens (tertiary/aromatic N) is 2. The Labute approximate surface area is 150 Å². The molecule has 1 aliphatic heterocycles. The summed E-state index contributed by atoms with van der Waals surface area (Å²) in [6.45, 7) is 7.68. The first-order valence-electron chi connectivity index (χ1n) is 8.93. The van der Waals surface area contributed by atoms with Gasteiger partial charge >= 0.3 is 0 Å². The van der Waals surface area contributed by atoms with E-state index in [1.54, 1.807) is 6.20 Å². The number of hydrogen-bond donors (Lipinski definition) is 1. The first kappa shape index (κ1) is 17.6. The number of nitrogens with two attached hydrogens (primary N) is 1. The Bertz CT molecular complexity index is 768. The molecule has 1 atom stereocenters. The number of benzene rings is 1. The Balaban J connectivity index is 1.65. The SMILES string of the molecule is Cc1cc2c(cc1C)C(=O)N(CCC(C)(N)Cc1cccnc1)CC2. The van der Waals surface area contributed by atoms with Crippen molar-refractivity contribution in [2.75, 3.05) is 13.1 Å². The van der Waals surface area contributed by atoms with Crippen molar-refractivity contribution in [1.82, 2.24) is 9.88 Å². The third-order valence-electron chi connectivity index (χ3n) is 5.17. The molecule has 0 bridgehead atoms. The van der Waals surface area contributed by atoms with E-state index in [9.17, 15) is 4.79 Å². The molecule has 0 fully saturated rings. The Hall–Kier alpha value is -2.20. The molecule has 132 valence electrons. The lowest BCUT2D eigenvalue weighted by Crippen LogP contribution is -2.45. The molecule has 1 aromatic heterocycles. The minimum absolute atomic E-state index is 0.140. The number of carbonyl (C=O) groups excluding carboxylic acids is 1. The molecule has 0 radical (unpaired) electrons. The fraction of sp³-hybridized carbons (Fsp3) is 0.429. The van der Waals surface area contributed by atoms with Crippen molar-refractivity contribution in [3.63, 3.8) is 0 Å². The van der Waals surface area contributed by atoms with Crippen LogP contribution in [0.1, 0.15) is 46.0 Å². The largest absolute Gasteiger partial charge is 0.338 e. The Morgan fingerprint density at radius 2 is 2.04 bits per heavy atom. The molecule has 0 saturated carbocycles. The fourth-order valence-electron chi connectivity index (χ4n) is 3.47. The maximum atomic E-state index is 12.8. The van der Waals surface area contributed by atoms with Crippen LogP contribution in [0.3, 0.4) is 0 Å². The first-order valence-corrected chi connectivity index (χ1v) is 8.93. The van der Waals surface area contributed by atoms with Gasteiger partial charge < -0.3 is 10.6 Å². The number of fused-ring (bicyclic) bond motifs is 1. The molecule has 25 heavy (non-hydrogen) atoms. The zero-order chi connectivity index (χ0) is 18.0. The lowest BCUT2D eigenvalue weighted by Gasteiger charge is -2.33. The van der Waals surface area contributed by atoms with Crippen LogP contribution in [0.25, 0.3) is 0 Å². The van der Waals surface area contributed by atoms with E-state index in [-0.39, 0.29) is 11.4 Å². The summed E-state index contributed by atoms with van der Waals surface area (Å²) in [5.74, 6) is 0.140. The summed E-state index contributed by atoms with van der Waals surface area (Å²) >= 11 is 0. The summed E-state index contributed by atoms with van der Waals surface area (Å²) in [5.41, 5.74) is 11.7. The molecule has 0 saturated heterocycles. The van der Waals surface area contributed by atoms with Gasteiger partial charge in [-0.3, -0.25) is 9.78 Å². The molecule has 4 heteroatoms. The number of aromatic nitrogens is 1. The second-order valence-electron chi connectivity index (χ2n) is 7.58. The molecule has 2 N–H and O–H groups in total. The van der Waals surface area contributed by atoms with E-state index in [1.807, 2.05) is 29.3 Å². The minimum Gasteiger partial charge on any atom is -0.338 e. The summed E-state index contributed by atoms with van der Waals surface area (Å²) < 4.78 is 0. The highest BCUT2D eigenvalue weighted by atomic mass is 16.2. The van der Waals surface area contributed by atoms with Crippen molar-refractivity contribution in [1.29, 1.82) is 0 Å². The van der Waals surface area contributed by atoms with Gasteiger partial charge in [0, 0.05) is 36.6 Å². The fourth-order valence-corrected chi connectivity index (χ4v) is 3.47. The molecule has 0 aliphatic carbocycles. The number of aryl methyl sites for hydroxylation is 2. The topological polar surface area (TPSA) is 59.2 Å². The molecule has 2 heterocycles. The number of rotatable bonds is 5. The van der Waals surface area contributed by atoms with Crippen LogP contribution >= 0.6 is 0 Å². The Morgan fingerprint density at radius 3 is 2.76 bits per heavy atom. The molecule has 2 aromatic rings. The highest BCUT2D eigenvalue weighted by Crippen LogP contribution is 2.24. The van der Waals surface area contributed by atoms with Gasteiger partial charge in [-0.1, -0.05) is 12.1 Å². The summed E-state index contributed by atoms with van der Waals surface area (Å²) in [4.78, 5) is 18.9. The van der Waals surface area contributed by atoms with E-state index in [2.05, 4.69) is 31.8 Å². The Morgan fingerprint density at radius 1 is 1.28 bits per heavy atom. The predicted octanol–water partition coefficient (Wildman–Crippen LogP) is 3.05. The highest BCUT2D eigenvalue weighted by molar-refractivity contribution is 5.97. The van der Waals surface area contributed by atoms with Gasteiger partial charge in [0.05, 0.1) is 0 Å².